The first-order valence-electron chi connectivity index (χ1n) is 2.98. The van der Waals surface area contributed by atoms with Gasteiger partial charge in [0, 0.05) is 13.1 Å². The van der Waals surface area contributed by atoms with E-state index in [0.29, 0.717) is 6.04 Å². The van der Waals surface area contributed by atoms with E-state index in [2.05, 4.69) is 40.2 Å². The fourth-order valence-electron chi connectivity index (χ4n) is 0.814. The van der Waals surface area contributed by atoms with Gasteiger partial charge in [-0.15, -0.1) is 0 Å². The van der Waals surface area contributed by atoms with Crippen LogP contribution in [0.1, 0.15) is 13.8 Å². The van der Waals surface area contributed by atoms with Crippen LogP contribution in [0.3, 0.4) is 0 Å². The lowest BCUT2D eigenvalue weighted by molar-refractivity contribution is 0.260. The topological polar surface area (TPSA) is 15.3 Å². The summed E-state index contributed by atoms with van der Waals surface area (Å²) in [5.74, 6) is 0. The fourth-order valence-corrected chi connectivity index (χ4v) is 1.42. The third-order valence-electron chi connectivity index (χ3n) is 1.83. The molecule has 1 rings (SSSR count). The summed E-state index contributed by atoms with van der Waals surface area (Å²) in [5, 5.41) is 2.07. The number of nitrogens with zero attached hydrogens (tertiary/aromatic N) is 1. The van der Waals surface area contributed by atoms with Crippen molar-refractivity contribution in [2.24, 2.45) is 0 Å². The van der Waals surface area contributed by atoms with Crippen LogP contribution in [0.15, 0.2) is 10.2 Å². The summed E-state index contributed by atoms with van der Waals surface area (Å²) in [4.78, 5) is 0. The Morgan fingerprint density at radius 3 is 2.33 bits per heavy atom. The maximum Gasteiger partial charge on any atom is 0.0929 e. The molecule has 0 aromatic heterocycles. The predicted molar refractivity (Wildman–Crippen MR) is 42.0 cm³/mol. The highest BCUT2D eigenvalue weighted by atomic mass is 79.9. The monoisotopic (exact) mass is 190 g/mol. The molecule has 0 radical (unpaired) electrons. The summed E-state index contributed by atoms with van der Waals surface area (Å²) in [6, 6.07) is 0.513. The fraction of sp³-hybridized carbons (Fsp3) is 0.667. The van der Waals surface area contributed by atoms with Gasteiger partial charge in [-0.25, -0.2) is 5.01 Å². The quantitative estimate of drug-likeness (QED) is 0.583. The molecule has 1 aliphatic rings. The van der Waals surface area contributed by atoms with Crippen molar-refractivity contribution in [3.63, 3.8) is 0 Å². The molecule has 1 aliphatic heterocycles. The second kappa shape index (κ2) is 2.31. The van der Waals surface area contributed by atoms with Crippen LogP contribution in [0.5, 0.6) is 0 Å². The SMILES string of the molecule is CC1=C(Br)NN(C)C1C. The molecular formula is C6H11BrN2. The van der Waals surface area contributed by atoms with Gasteiger partial charge in [-0.1, -0.05) is 0 Å². The summed E-state index contributed by atoms with van der Waals surface area (Å²) in [5.41, 5.74) is 4.50. The Bertz CT molecular complexity index is 153. The number of halogens is 1. The van der Waals surface area contributed by atoms with Crippen molar-refractivity contribution in [3.8, 4) is 0 Å². The zero-order valence-electron chi connectivity index (χ0n) is 5.90. The van der Waals surface area contributed by atoms with Crippen LogP contribution in [-0.2, 0) is 0 Å². The van der Waals surface area contributed by atoms with Crippen molar-refractivity contribution < 1.29 is 0 Å². The number of likely N-dealkylation sites (N-methyl/N-ethyl adjacent to an activating group) is 1. The number of hydrogen-bond donors (Lipinski definition) is 1. The van der Waals surface area contributed by atoms with Gasteiger partial charge in [0.2, 0.25) is 0 Å². The van der Waals surface area contributed by atoms with E-state index in [1.165, 1.54) is 5.57 Å². The third-order valence-corrected chi connectivity index (χ3v) is 2.63. The first-order chi connectivity index (χ1) is 4.13. The second-order valence-corrected chi connectivity index (χ2v) is 3.19. The van der Waals surface area contributed by atoms with Crippen molar-refractivity contribution in [3.05, 3.63) is 10.2 Å². The van der Waals surface area contributed by atoms with Crippen LogP contribution in [0.4, 0.5) is 0 Å². The van der Waals surface area contributed by atoms with Gasteiger partial charge >= 0.3 is 0 Å². The molecule has 1 unspecified atom stereocenters. The maximum atomic E-state index is 3.41. The molecular weight excluding hydrogens is 180 g/mol. The molecule has 9 heavy (non-hydrogen) atoms. The largest absolute Gasteiger partial charge is 0.312 e. The lowest BCUT2D eigenvalue weighted by Crippen LogP contribution is -2.32. The van der Waals surface area contributed by atoms with Crippen molar-refractivity contribution >= 4 is 15.9 Å². The zero-order valence-corrected chi connectivity index (χ0v) is 7.49. The molecule has 0 saturated carbocycles. The Morgan fingerprint density at radius 1 is 1.67 bits per heavy atom. The van der Waals surface area contributed by atoms with Crippen LogP contribution >= 0.6 is 15.9 Å². The Kier molecular flexibility index (Phi) is 1.82. The molecule has 0 aromatic rings. The first-order valence-corrected chi connectivity index (χ1v) is 3.78. The highest BCUT2D eigenvalue weighted by Gasteiger charge is 2.20. The molecule has 1 N–H and O–H groups in total. The van der Waals surface area contributed by atoms with Gasteiger partial charge in [0.25, 0.3) is 0 Å². The van der Waals surface area contributed by atoms with Crippen LogP contribution in [-0.4, -0.2) is 18.1 Å². The normalized spacial score (nSPS) is 29.1. The molecule has 3 heteroatoms. The standard InChI is InChI=1S/C6H11BrN2/c1-4-5(2)9(3)8-6(4)7/h5,8H,1-3H3. The third kappa shape index (κ3) is 1.12. The molecule has 2 nitrogen and oxygen atoms in total. The lowest BCUT2D eigenvalue weighted by atomic mass is 10.2. The van der Waals surface area contributed by atoms with E-state index in [0.717, 1.165) is 4.61 Å². The highest BCUT2D eigenvalue weighted by molar-refractivity contribution is 9.11. The predicted octanol–water partition coefficient (Wildman–Crippen LogP) is 1.45. The first kappa shape index (κ1) is 7.09. The minimum atomic E-state index is 0.513. The molecule has 0 spiro atoms. The van der Waals surface area contributed by atoms with Crippen molar-refractivity contribution in [2.75, 3.05) is 7.05 Å². The molecule has 0 saturated heterocycles. The van der Waals surface area contributed by atoms with Gasteiger partial charge in [0.15, 0.2) is 0 Å². The summed E-state index contributed by atoms with van der Waals surface area (Å²) >= 11 is 3.41. The number of nitrogens with one attached hydrogen (secondary N) is 1. The van der Waals surface area contributed by atoms with Gasteiger partial charge in [-0.3, -0.25) is 0 Å². The molecule has 0 fully saturated rings. The number of rotatable bonds is 0. The lowest BCUT2D eigenvalue weighted by Gasteiger charge is -2.15. The molecule has 1 heterocycles. The van der Waals surface area contributed by atoms with Gasteiger partial charge in [0.05, 0.1) is 4.61 Å². The average Bonchev–Trinajstić information content (AvgIpc) is 1.98. The minimum Gasteiger partial charge on any atom is -0.312 e. The van der Waals surface area contributed by atoms with Crippen LogP contribution in [0.25, 0.3) is 0 Å². The molecule has 0 bridgehead atoms. The number of hydrogen-bond acceptors (Lipinski definition) is 2. The summed E-state index contributed by atoms with van der Waals surface area (Å²) < 4.78 is 1.11. The van der Waals surface area contributed by atoms with Crippen molar-refractivity contribution in [1.29, 1.82) is 0 Å². The maximum absolute atomic E-state index is 3.41. The summed E-state index contributed by atoms with van der Waals surface area (Å²) in [7, 11) is 2.03. The summed E-state index contributed by atoms with van der Waals surface area (Å²) in [6.45, 7) is 4.28. The van der Waals surface area contributed by atoms with E-state index in [1.807, 2.05) is 7.05 Å². The number of hydrazine groups is 1. The van der Waals surface area contributed by atoms with Gasteiger partial charge < -0.3 is 5.43 Å². The zero-order chi connectivity index (χ0) is 7.02. The van der Waals surface area contributed by atoms with Crippen LogP contribution in [0.2, 0.25) is 0 Å². The van der Waals surface area contributed by atoms with Crippen LogP contribution < -0.4 is 5.43 Å². The second-order valence-electron chi connectivity index (χ2n) is 2.40. The van der Waals surface area contributed by atoms with E-state index in [9.17, 15) is 0 Å². The van der Waals surface area contributed by atoms with Gasteiger partial charge in [-0.05, 0) is 35.4 Å². The molecule has 1 atom stereocenters. The molecule has 0 aliphatic carbocycles. The van der Waals surface area contributed by atoms with Gasteiger partial charge in [-0.2, -0.15) is 0 Å². The Morgan fingerprint density at radius 2 is 2.22 bits per heavy atom. The Hall–Kier alpha value is -0.0200. The average molecular weight is 191 g/mol. The van der Waals surface area contributed by atoms with Crippen molar-refractivity contribution in [2.45, 2.75) is 19.9 Å². The van der Waals surface area contributed by atoms with E-state index in [1.54, 1.807) is 0 Å². The Labute approximate surface area is 64.0 Å². The van der Waals surface area contributed by atoms with Crippen molar-refractivity contribution in [1.82, 2.24) is 10.4 Å². The van der Waals surface area contributed by atoms with Gasteiger partial charge in [0.1, 0.15) is 0 Å². The molecule has 0 amide bonds. The molecule has 0 aromatic carbocycles. The smallest absolute Gasteiger partial charge is 0.0929 e. The van der Waals surface area contributed by atoms with E-state index in [-0.39, 0.29) is 0 Å². The van der Waals surface area contributed by atoms with E-state index in [4.69, 9.17) is 0 Å². The van der Waals surface area contributed by atoms with Crippen LogP contribution in [0, 0.1) is 0 Å². The Balaban J connectivity index is 2.74. The minimum absolute atomic E-state index is 0.513. The van der Waals surface area contributed by atoms with E-state index >= 15 is 0 Å². The van der Waals surface area contributed by atoms with E-state index < -0.39 is 0 Å². The highest BCUT2D eigenvalue weighted by Crippen LogP contribution is 2.21. The summed E-state index contributed by atoms with van der Waals surface area (Å²) in [6.07, 6.45) is 0. The molecule has 52 valence electrons.